The van der Waals surface area contributed by atoms with Crippen molar-refractivity contribution in [2.45, 2.75) is 46.1 Å². The summed E-state index contributed by atoms with van der Waals surface area (Å²) in [5.74, 6) is 0.625. The number of aliphatic hydroxyl groups excluding tert-OH is 2. The van der Waals surface area contributed by atoms with E-state index in [9.17, 15) is 5.11 Å². The van der Waals surface area contributed by atoms with E-state index in [1.54, 1.807) is 0 Å². The van der Waals surface area contributed by atoms with Crippen LogP contribution in [0.25, 0.3) is 0 Å². The molecule has 2 nitrogen and oxygen atoms in total. The van der Waals surface area contributed by atoms with Crippen molar-refractivity contribution in [2.75, 3.05) is 6.61 Å². The Morgan fingerprint density at radius 1 is 1.23 bits per heavy atom. The van der Waals surface area contributed by atoms with Gasteiger partial charge in [0, 0.05) is 6.61 Å². The SMILES string of the molecule is CCC(CO)CC(O)C(C)CC.[H-].[Na+]. The zero-order chi connectivity index (χ0) is 9.56. The Labute approximate surface area is 106 Å². The predicted octanol–water partition coefficient (Wildman–Crippen LogP) is -1.08. The third-order valence-corrected chi connectivity index (χ3v) is 2.71. The van der Waals surface area contributed by atoms with Crippen LogP contribution in [0.4, 0.5) is 0 Å². The second-order valence-electron chi connectivity index (χ2n) is 3.65. The van der Waals surface area contributed by atoms with Crippen LogP contribution in [0, 0.1) is 11.8 Å². The molecule has 3 unspecified atom stereocenters. The smallest absolute Gasteiger partial charge is 1.00 e. The zero-order valence-corrected chi connectivity index (χ0v) is 11.5. The Bertz CT molecular complexity index is 110. The first-order valence-corrected chi connectivity index (χ1v) is 4.94. The van der Waals surface area contributed by atoms with Crippen molar-refractivity contribution in [2.24, 2.45) is 11.8 Å². The summed E-state index contributed by atoms with van der Waals surface area (Å²) in [6.45, 7) is 6.37. The Morgan fingerprint density at radius 2 is 1.77 bits per heavy atom. The molecule has 0 aliphatic rings. The van der Waals surface area contributed by atoms with E-state index in [-0.39, 0.29) is 49.6 Å². The predicted molar refractivity (Wildman–Crippen MR) is 52.1 cm³/mol. The topological polar surface area (TPSA) is 40.5 Å². The molecule has 0 aliphatic heterocycles. The van der Waals surface area contributed by atoms with Crippen LogP contribution in [0.1, 0.15) is 41.5 Å². The van der Waals surface area contributed by atoms with E-state index in [0.717, 1.165) is 19.3 Å². The Kier molecular flexibility index (Phi) is 11.9. The van der Waals surface area contributed by atoms with Gasteiger partial charge >= 0.3 is 29.6 Å². The first-order chi connectivity index (χ1) is 5.65. The van der Waals surface area contributed by atoms with Gasteiger partial charge in [0.2, 0.25) is 0 Å². The second-order valence-corrected chi connectivity index (χ2v) is 3.65. The molecule has 13 heavy (non-hydrogen) atoms. The molecule has 0 aromatic rings. The van der Waals surface area contributed by atoms with Gasteiger partial charge in [0.1, 0.15) is 0 Å². The summed E-state index contributed by atoms with van der Waals surface area (Å²) < 4.78 is 0. The van der Waals surface area contributed by atoms with Gasteiger partial charge in [-0.2, -0.15) is 0 Å². The number of hydrogen-bond acceptors (Lipinski definition) is 2. The summed E-state index contributed by atoms with van der Waals surface area (Å²) in [5.41, 5.74) is 0. The van der Waals surface area contributed by atoms with E-state index in [4.69, 9.17) is 5.11 Å². The molecule has 0 amide bonds. The third-order valence-electron chi connectivity index (χ3n) is 2.71. The van der Waals surface area contributed by atoms with E-state index in [0.29, 0.717) is 5.92 Å². The molecule has 0 radical (unpaired) electrons. The van der Waals surface area contributed by atoms with Gasteiger partial charge in [-0.3, -0.25) is 0 Å². The minimum Gasteiger partial charge on any atom is -1.00 e. The summed E-state index contributed by atoms with van der Waals surface area (Å²) >= 11 is 0. The minimum atomic E-state index is -0.243. The van der Waals surface area contributed by atoms with Gasteiger partial charge in [-0.25, -0.2) is 0 Å². The van der Waals surface area contributed by atoms with Crippen LogP contribution < -0.4 is 29.6 Å². The van der Waals surface area contributed by atoms with E-state index >= 15 is 0 Å². The van der Waals surface area contributed by atoms with Crippen molar-refractivity contribution in [3.05, 3.63) is 0 Å². The molecule has 0 saturated carbocycles. The van der Waals surface area contributed by atoms with Crippen LogP contribution in [0.5, 0.6) is 0 Å². The molecule has 76 valence electrons. The Morgan fingerprint density at radius 3 is 2.08 bits per heavy atom. The number of rotatable bonds is 6. The molecule has 0 spiro atoms. The molecule has 3 atom stereocenters. The van der Waals surface area contributed by atoms with Crippen LogP contribution >= 0.6 is 0 Å². The van der Waals surface area contributed by atoms with Crippen molar-refractivity contribution in [3.63, 3.8) is 0 Å². The van der Waals surface area contributed by atoms with E-state index in [1.165, 1.54) is 0 Å². The van der Waals surface area contributed by atoms with Crippen LogP contribution in [-0.4, -0.2) is 22.9 Å². The van der Waals surface area contributed by atoms with Crippen LogP contribution in [0.3, 0.4) is 0 Å². The Hall–Kier alpha value is 0.920. The first-order valence-electron chi connectivity index (χ1n) is 4.94. The fourth-order valence-electron chi connectivity index (χ4n) is 1.22. The third kappa shape index (κ3) is 6.92. The molecule has 0 rings (SSSR count). The van der Waals surface area contributed by atoms with Crippen LogP contribution in [-0.2, 0) is 0 Å². The van der Waals surface area contributed by atoms with E-state index in [1.807, 2.05) is 6.92 Å². The van der Waals surface area contributed by atoms with Crippen LogP contribution in [0.2, 0.25) is 0 Å². The Balaban J connectivity index is -0.000000605. The van der Waals surface area contributed by atoms with Gasteiger partial charge in [0.25, 0.3) is 0 Å². The van der Waals surface area contributed by atoms with E-state index < -0.39 is 0 Å². The number of hydrogen-bond donors (Lipinski definition) is 2. The normalized spacial score (nSPS) is 17.3. The second kappa shape index (κ2) is 9.47. The molecule has 0 aromatic carbocycles. The average molecular weight is 198 g/mol. The maximum atomic E-state index is 9.64. The van der Waals surface area contributed by atoms with Gasteiger partial charge in [-0.05, 0) is 18.3 Å². The maximum absolute atomic E-state index is 9.64. The van der Waals surface area contributed by atoms with Crippen molar-refractivity contribution >= 4 is 0 Å². The summed E-state index contributed by atoms with van der Waals surface area (Å²) in [6, 6.07) is 0. The van der Waals surface area contributed by atoms with Crippen molar-refractivity contribution in [3.8, 4) is 0 Å². The van der Waals surface area contributed by atoms with Gasteiger partial charge in [0.15, 0.2) is 0 Å². The monoisotopic (exact) mass is 198 g/mol. The molecule has 0 heterocycles. The fourth-order valence-corrected chi connectivity index (χ4v) is 1.22. The van der Waals surface area contributed by atoms with Crippen molar-refractivity contribution in [1.29, 1.82) is 0 Å². The molecule has 0 aliphatic carbocycles. The fraction of sp³-hybridized carbons (Fsp3) is 1.00. The quantitative estimate of drug-likeness (QED) is 0.533. The van der Waals surface area contributed by atoms with Crippen LogP contribution in [0.15, 0.2) is 0 Å². The largest absolute Gasteiger partial charge is 1.00 e. The molecule has 0 bridgehead atoms. The molecule has 0 fully saturated rings. The molecule has 0 saturated heterocycles. The standard InChI is InChI=1S/C10H22O2.Na.H/c1-4-8(3)10(12)6-9(5-2)7-11;;/h8-12H,4-7H2,1-3H3;;/q;+1;-1. The van der Waals surface area contributed by atoms with Gasteiger partial charge < -0.3 is 11.6 Å². The number of aliphatic hydroxyl groups is 2. The molecule has 0 aromatic heterocycles. The maximum Gasteiger partial charge on any atom is 1.00 e. The summed E-state index contributed by atoms with van der Waals surface area (Å²) in [7, 11) is 0. The van der Waals surface area contributed by atoms with Gasteiger partial charge in [-0.15, -0.1) is 0 Å². The van der Waals surface area contributed by atoms with Crippen molar-refractivity contribution < 1.29 is 41.2 Å². The molecular formula is C10H23NaO2. The van der Waals surface area contributed by atoms with Gasteiger partial charge in [0.05, 0.1) is 6.10 Å². The average Bonchev–Trinajstić information content (AvgIpc) is 2.12. The minimum absolute atomic E-state index is 0. The van der Waals surface area contributed by atoms with E-state index in [2.05, 4.69) is 13.8 Å². The molecule has 3 heteroatoms. The first kappa shape index (κ1) is 16.4. The summed E-state index contributed by atoms with van der Waals surface area (Å²) in [4.78, 5) is 0. The summed E-state index contributed by atoms with van der Waals surface area (Å²) in [6.07, 6.45) is 2.45. The summed E-state index contributed by atoms with van der Waals surface area (Å²) in [5, 5.41) is 18.6. The molecule has 2 N–H and O–H groups in total. The van der Waals surface area contributed by atoms with Gasteiger partial charge in [-0.1, -0.05) is 33.6 Å². The van der Waals surface area contributed by atoms with Crippen molar-refractivity contribution in [1.82, 2.24) is 0 Å². The molecular weight excluding hydrogens is 175 g/mol. The zero-order valence-electron chi connectivity index (χ0n) is 10.5.